The van der Waals surface area contributed by atoms with Gasteiger partial charge in [0.15, 0.2) is 0 Å². The molecule has 0 aliphatic heterocycles. The summed E-state index contributed by atoms with van der Waals surface area (Å²) in [5.74, 6) is 0.627. The Bertz CT molecular complexity index is 629. The summed E-state index contributed by atoms with van der Waals surface area (Å²) >= 11 is 0. The van der Waals surface area contributed by atoms with E-state index in [1.807, 2.05) is 13.0 Å². The highest BCUT2D eigenvalue weighted by molar-refractivity contribution is 6.01. The summed E-state index contributed by atoms with van der Waals surface area (Å²) < 4.78 is 2.16. The number of rotatable bonds is 5. The number of hydrogen-bond acceptors (Lipinski definition) is 2. The number of aromatic carboxylic acids is 1. The van der Waals surface area contributed by atoms with Crippen molar-refractivity contribution in [3.63, 3.8) is 0 Å². The third-order valence-electron chi connectivity index (χ3n) is 3.73. The van der Waals surface area contributed by atoms with Crippen molar-refractivity contribution in [3.05, 3.63) is 29.6 Å². The second-order valence-corrected chi connectivity index (χ2v) is 5.83. The zero-order valence-electron chi connectivity index (χ0n) is 12.6. The maximum Gasteiger partial charge on any atom is 0.337 e. The number of aromatic nitrogens is 2. The maximum absolute atomic E-state index is 11.3. The van der Waals surface area contributed by atoms with Crippen molar-refractivity contribution in [3.8, 4) is 0 Å². The van der Waals surface area contributed by atoms with Crippen molar-refractivity contribution in [2.45, 2.75) is 46.6 Å². The van der Waals surface area contributed by atoms with Gasteiger partial charge in [-0.3, -0.25) is 0 Å². The first-order valence-corrected chi connectivity index (χ1v) is 7.12. The fourth-order valence-electron chi connectivity index (χ4n) is 2.67. The number of nitrogens with zero attached hydrogens (tertiary/aromatic N) is 2. The average molecular weight is 274 g/mol. The first-order valence-electron chi connectivity index (χ1n) is 7.12. The standard InChI is InChI=1S/C16H22N2O2/c1-10(2)8-9-11(3)18-12(4)17-15-13(16(19)20)6-5-7-14(15)18/h5-7,10-11H,8-9H2,1-4H3,(H,19,20). The molecule has 1 heterocycles. The maximum atomic E-state index is 11.3. The summed E-state index contributed by atoms with van der Waals surface area (Å²) in [6.45, 7) is 8.55. The van der Waals surface area contributed by atoms with Gasteiger partial charge in [0.05, 0.1) is 11.1 Å². The summed E-state index contributed by atoms with van der Waals surface area (Å²) in [6, 6.07) is 5.68. The largest absolute Gasteiger partial charge is 0.478 e. The minimum atomic E-state index is -0.921. The van der Waals surface area contributed by atoms with E-state index in [-0.39, 0.29) is 5.56 Å². The first kappa shape index (κ1) is 14.6. The van der Waals surface area contributed by atoms with E-state index in [4.69, 9.17) is 0 Å². The van der Waals surface area contributed by atoms with Crippen LogP contribution in [0.5, 0.6) is 0 Å². The number of carboxylic acid groups (broad SMARTS) is 1. The van der Waals surface area contributed by atoms with E-state index < -0.39 is 5.97 Å². The van der Waals surface area contributed by atoms with Gasteiger partial charge in [-0.15, -0.1) is 0 Å². The number of carboxylic acids is 1. The van der Waals surface area contributed by atoms with Crippen LogP contribution < -0.4 is 0 Å². The van der Waals surface area contributed by atoms with Crippen LogP contribution in [0.4, 0.5) is 0 Å². The molecule has 1 aromatic carbocycles. The number of fused-ring (bicyclic) bond motifs is 1. The molecule has 0 saturated heterocycles. The molecule has 1 atom stereocenters. The first-order chi connectivity index (χ1) is 9.41. The van der Waals surface area contributed by atoms with Gasteiger partial charge in [0.2, 0.25) is 0 Å². The summed E-state index contributed by atoms with van der Waals surface area (Å²) in [6.07, 6.45) is 2.22. The molecule has 2 rings (SSSR count). The Hall–Kier alpha value is -1.84. The zero-order valence-corrected chi connectivity index (χ0v) is 12.6. The molecule has 108 valence electrons. The van der Waals surface area contributed by atoms with Crippen molar-refractivity contribution in [1.82, 2.24) is 9.55 Å². The summed E-state index contributed by atoms with van der Waals surface area (Å²) in [7, 11) is 0. The SMILES string of the molecule is Cc1nc2c(C(=O)O)cccc2n1C(C)CCC(C)C. The number of carbonyl (C=O) groups is 1. The highest BCUT2D eigenvalue weighted by Crippen LogP contribution is 2.26. The van der Waals surface area contributed by atoms with E-state index in [9.17, 15) is 9.90 Å². The van der Waals surface area contributed by atoms with Crippen LogP contribution in [0, 0.1) is 12.8 Å². The molecule has 0 amide bonds. The van der Waals surface area contributed by atoms with E-state index in [0.29, 0.717) is 17.5 Å². The van der Waals surface area contributed by atoms with Crippen molar-refractivity contribution in [1.29, 1.82) is 0 Å². The van der Waals surface area contributed by atoms with Crippen molar-refractivity contribution < 1.29 is 9.90 Å². The second-order valence-electron chi connectivity index (χ2n) is 5.83. The van der Waals surface area contributed by atoms with Crippen LogP contribution in [0.25, 0.3) is 11.0 Å². The van der Waals surface area contributed by atoms with Gasteiger partial charge in [0, 0.05) is 6.04 Å². The van der Waals surface area contributed by atoms with Crippen LogP contribution in [-0.4, -0.2) is 20.6 Å². The molecule has 1 N–H and O–H groups in total. The molecule has 0 saturated carbocycles. The van der Waals surface area contributed by atoms with Gasteiger partial charge in [-0.25, -0.2) is 9.78 Å². The highest BCUT2D eigenvalue weighted by atomic mass is 16.4. The van der Waals surface area contributed by atoms with Crippen LogP contribution in [0.15, 0.2) is 18.2 Å². The molecular formula is C16H22N2O2. The molecule has 1 aromatic heterocycles. The molecule has 0 radical (unpaired) electrons. The number of hydrogen-bond donors (Lipinski definition) is 1. The second kappa shape index (κ2) is 5.65. The molecule has 2 aromatic rings. The summed E-state index contributed by atoms with van der Waals surface area (Å²) in [5, 5.41) is 9.25. The lowest BCUT2D eigenvalue weighted by atomic mass is 10.0. The third kappa shape index (κ3) is 2.69. The molecule has 0 bridgehead atoms. The van der Waals surface area contributed by atoms with E-state index in [0.717, 1.165) is 24.2 Å². The van der Waals surface area contributed by atoms with Gasteiger partial charge < -0.3 is 9.67 Å². The number of benzene rings is 1. The van der Waals surface area contributed by atoms with Gasteiger partial charge in [-0.1, -0.05) is 19.9 Å². The van der Waals surface area contributed by atoms with Crippen LogP contribution in [0.1, 0.15) is 55.8 Å². The Kier molecular flexibility index (Phi) is 4.12. The molecule has 0 aliphatic carbocycles. The lowest BCUT2D eigenvalue weighted by molar-refractivity contribution is 0.0699. The Morgan fingerprint density at radius 1 is 1.30 bits per heavy atom. The van der Waals surface area contributed by atoms with Gasteiger partial charge in [0.25, 0.3) is 0 Å². The summed E-state index contributed by atoms with van der Waals surface area (Å²) in [5.41, 5.74) is 1.79. The Labute approximate surface area is 119 Å². The molecule has 0 spiro atoms. The fraction of sp³-hybridized carbons (Fsp3) is 0.500. The quantitative estimate of drug-likeness (QED) is 0.895. The normalized spacial score (nSPS) is 13.1. The highest BCUT2D eigenvalue weighted by Gasteiger charge is 2.18. The average Bonchev–Trinajstić information content (AvgIpc) is 2.71. The predicted octanol–water partition coefficient (Wildman–Crippen LogP) is 4.04. The van der Waals surface area contributed by atoms with Crippen molar-refractivity contribution in [2.24, 2.45) is 5.92 Å². The minimum absolute atomic E-state index is 0.278. The topological polar surface area (TPSA) is 55.1 Å². The zero-order chi connectivity index (χ0) is 14.9. The number of para-hydroxylation sites is 1. The predicted molar refractivity (Wildman–Crippen MR) is 80.2 cm³/mol. The number of aryl methyl sites for hydroxylation is 1. The monoisotopic (exact) mass is 274 g/mol. The Morgan fingerprint density at radius 2 is 2.00 bits per heavy atom. The van der Waals surface area contributed by atoms with Crippen LogP contribution in [0.2, 0.25) is 0 Å². The number of imidazole rings is 1. The van der Waals surface area contributed by atoms with E-state index in [2.05, 4.69) is 30.3 Å². The smallest absolute Gasteiger partial charge is 0.337 e. The van der Waals surface area contributed by atoms with Crippen LogP contribution >= 0.6 is 0 Å². The van der Waals surface area contributed by atoms with Crippen LogP contribution in [0.3, 0.4) is 0 Å². The van der Waals surface area contributed by atoms with Gasteiger partial charge >= 0.3 is 5.97 Å². The molecule has 0 fully saturated rings. The van der Waals surface area contributed by atoms with Crippen molar-refractivity contribution in [2.75, 3.05) is 0 Å². The van der Waals surface area contributed by atoms with Gasteiger partial charge in [-0.2, -0.15) is 0 Å². The van der Waals surface area contributed by atoms with Gasteiger partial charge in [-0.05, 0) is 44.7 Å². The molecule has 20 heavy (non-hydrogen) atoms. The Morgan fingerprint density at radius 3 is 2.60 bits per heavy atom. The molecule has 0 aliphatic rings. The molecule has 1 unspecified atom stereocenters. The lowest BCUT2D eigenvalue weighted by Crippen LogP contribution is -2.08. The summed E-state index contributed by atoms with van der Waals surface area (Å²) in [4.78, 5) is 15.7. The van der Waals surface area contributed by atoms with Crippen LogP contribution in [-0.2, 0) is 0 Å². The molecular weight excluding hydrogens is 252 g/mol. The fourth-order valence-corrected chi connectivity index (χ4v) is 2.67. The van der Waals surface area contributed by atoms with E-state index in [1.54, 1.807) is 12.1 Å². The molecule has 4 heteroatoms. The Balaban J connectivity index is 2.46. The minimum Gasteiger partial charge on any atom is -0.478 e. The van der Waals surface area contributed by atoms with E-state index in [1.165, 1.54) is 0 Å². The lowest BCUT2D eigenvalue weighted by Gasteiger charge is -2.17. The van der Waals surface area contributed by atoms with Gasteiger partial charge in [0.1, 0.15) is 11.3 Å². The third-order valence-corrected chi connectivity index (χ3v) is 3.73. The molecule has 4 nitrogen and oxygen atoms in total. The van der Waals surface area contributed by atoms with Crippen molar-refractivity contribution >= 4 is 17.0 Å². The van der Waals surface area contributed by atoms with E-state index >= 15 is 0 Å².